The van der Waals surface area contributed by atoms with E-state index in [1.807, 2.05) is 30.3 Å². The number of hydrogen-bond donors (Lipinski definition) is 0. The first-order chi connectivity index (χ1) is 8.83. The zero-order valence-corrected chi connectivity index (χ0v) is 10.9. The molecule has 2 rings (SSSR count). The molecule has 1 aromatic heterocycles. The predicted octanol–water partition coefficient (Wildman–Crippen LogP) is 3.41. The average molecular weight is 264 g/mol. The summed E-state index contributed by atoms with van der Waals surface area (Å²) in [7, 11) is 1.62. The highest BCUT2D eigenvalue weighted by molar-refractivity contribution is 6.17. The molecule has 0 bridgehead atoms. The number of nitrogens with zero attached hydrogens (tertiary/aromatic N) is 1. The number of pyridine rings is 1. The lowest BCUT2D eigenvalue weighted by Crippen LogP contribution is -1.98. The minimum Gasteiger partial charge on any atom is -0.493 e. The Labute approximate surface area is 111 Å². The van der Waals surface area contributed by atoms with Gasteiger partial charge in [-0.1, -0.05) is 6.07 Å². The van der Waals surface area contributed by atoms with Gasteiger partial charge in [-0.2, -0.15) is 0 Å². The van der Waals surface area contributed by atoms with Crippen molar-refractivity contribution in [1.82, 2.24) is 4.98 Å². The molecule has 0 aliphatic rings. The third kappa shape index (κ3) is 3.14. The number of rotatable bonds is 5. The Morgan fingerprint density at radius 2 is 1.83 bits per heavy atom. The summed E-state index contributed by atoms with van der Waals surface area (Å²) in [6, 6.07) is 9.52. The molecule has 0 aliphatic carbocycles. The second-order valence-corrected chi connectivity index (χ2v) is 4.03. The molecule has 0 aliphatic heterocycles. The SMILES string of the molecule is COc1cc(CCl)ccc1OCc1ccncc1. The summed E-state index contributed by atoms with van der Waals surface area (Å²) in [4.78, 5) is 3.96. The van der Waals surface area contributed by atoms with Crippen molar-refractivity contribution in [2.24, 2.45) is 0 Å². The van der Waals surface area contributed by atoms with Crippen LogP contribution >= 0.6 is 11.6 Å². The topological polar surface area (TPSA) is 31.4 Å². The molecular weight excluding hydrogens is 250 g/mol. The maximum Gasteiger partial charge on any atom is 0.161 e. The first-order valence-corrected chi connectivity index (χ1v) is 6.11. The molecule has 0 radical (unpaired) electrons. The van der Waals surface area contributed by atoms with Crippen molar-refractivity contribution < 1.29 is 9.47 Å². The second kappa shape index (κ2) is 6.26. The Hall–Kier alpha value is -1.74. The van der Waals surface area contributed by atoms with E-state index in [0.29, 0.717) is 24.0 Å². The van der Waals surface area contributed by atoms with Crippen LogP contribution in [0.3, 0.4) is 0 Å². The summed E-state index contributed by atoms with van der Waals surface area (Å²) in [6.45, 7) is 0.485. The molecule has 0 amide bonds. The van der Waals surface area contributed by atoms with Crippen LogP contribution in [0.4, 0.5) is 0 Å². The van der Waals surface area contributed by atoms with Crippen LogP contribution in [0.25, 0.3) is 0 Å². The van der Waals surface area contributed by atoms with E-state index in [0.717, 1.165) is 11.1 Å². The molecule has 1 aromatic carbocycles. The largest absolute Gasteiger partial charge is 0.493 e. The number of aromatic nitrogens is 1. The monoisotopic (exact) mass is 263 g/mol. The van der Waals surface area contributed by atoms with Gasteiger partial charge in [0.05, 0.1) is 7.11 Å². The van der Waals surface area contributed by atoms with Gasteiger partial charge in [0.1, 0.15) is 6.61 Å². The molecule has 0 fully saturated rings. The fraction of sp³-hybridized carbons (Fsp3) is 0.214. The summed E-state index contributed by atoms with van der Waals surface area (Å²) in [5.74, 6) is 1.87. The lowest BCUT2D eigenvalue weighted by Gasteiger charge is -2.11. The van der Waals surface area contributed by atoms with Crippen molar-refractivity contribution in [3.05, 3.63) is 53.9 Å². The molecular formula is C14H14ClNO2. The minimum atomic E-state index is 0.459. The van der Waals surface area contributed by atoms with Crippen molar-refractivity contribution in [2.45, 2.75) is 12.5 Å². The fourth-order valence-electron chi connectivity index (χ4n) is 1.55. The van der Waals surface area contributed by atoms with E-state index in [4.69, 9.17) is 21.1 Å². The summed E-state index contributed by atoms with van der Waals surface area (Å²) >= 11 is 5.78. The van der Waals surface area contributed by atoms with Crippen LogP contribution in [-0.2, 0) is 12.5 Å². The smallest absolute Gasteiger partial charge is 0.161 e. The standard InChI is InChI=1S/C14H14ClNO2/c1-17-14-8-12(9-15)2-3-13(14)18-10-11-4-6-16-7-5-11/h2-8H,9-10H2,1H3. The summed E-state index contributed by atoms with van der Waals surface area (Å²) < 4.78 is 11.0. The number of benzene rings is 1. The molecule has 0 saturated carbocycles. The highest BCUT2D eigenvalue weighted by Crippen LogP contribution is 2.29. The third-order valence-electron chi connectivity index (χ3n) is 2.53. The number of alkyl halides is 1. The molecule has 4 heteroatoms. The molecule has 0 spiro atoms. The van der Waals surface area contributed by atoms with E-state index >= 15 is 0 Å². The zero-order chi connectivity index (χ0) is 12.8. The highest BCUT2D eigenvalue weighted by atomic mass is 35.5. The number of hydrogen-bond acceptors (Lipinski definition) is 3. The van der Waals surface area contributed by atoms with Crippen molar-refractivity contribution >= 4 is 11.6 Å². The Balaban J connectivity index is 2.09. The Bertz CT molecular complexity index is 502. The maximum atomic E-state index is 5.78. The van der Waals surface area contributed by atoms with Gasteiger partial charge >= 0.3 is 0 Å². The van der Waals surface area contributed by atoms with Crippen molar-refractivity contribution in [2.75, 3.05) is 7.11 Å². The number of methoxy groups -OCH3 is 1. The summed E-state index contributed by atoms with van der Waals surface area (Å²) in [5.41, 5.74) is 2.07. The molecule has 0 saturated heterocycles. The van der Waals surface area contributed by atoms with Crippen molar-refractivity contribution in [3.8, 4) is 11.5 Å². The normalized spacial score (nSPS) is 10.1. The van der Waals surface area contributed by atoms with E-state index < -0.39 is 0 Å². The summed E-state index contributed by atoms with van der Waals surface area (Å²) in [5, 5.41) is 0. The van der Waals surface area contributed by atoms with Gasteiger partial charge in [0.15, 0.2) is 11.5 Å². The molecule has 2 aromatic rings. The average Bonchev–Trinajstić information content (AvgIpc) is 2.46. The third-order valence-corrected chi connectivity index (χ3v) is 2.83. The van der Waals surface area contributed by atoms with Crippen LogP contribution < -0.4 is 9.47 Å². The minimum absolute atomic E-state index is 0.459. The quantitative estimate of drug-likeness (QED) is 0.775. The maximum absolute atomic E-state index is 5.78. The lowest BCUT2D eigenvalue weighted by atomic mass is 10.2. The van der Waals surface area contributed by atoms with Gasteiger partial charge in [-0.25, -0.2) is 0 Å². The molecule has 3 nitrogen and oxygen atoms in total. The van der Waals surface area contributed by atoms with Gasteiger partial charge in [-0.15, -0.1) is 11.6 Å². The highest BCUT2D eigenvalue weighted by Gasteiger charge is 2.05. The van der Waals surface area contributed by atoms with Crippen molar-refractivity contribution in [1.29, 1.82) is 0 Å². The summed E-state index contributed by atoms with van der Waals surface area (Å²) in [6.07, 6.45) is 3.49. The Morgan fingerprint density at radius 1 is 1.06 bits per heavy atom. The second-order valence-electron chi connectivity index (χ2n) is 3.76. The predicted molar refractivity (Wildman–Crippen MR) is 71.1 cm³/mol. The Morgan fingerprint density at radius 3 is 2.50 bits per heavy atom. The first kappa shape index (κ1) is 12.7. The Kier molecular flexibility index (Phi) is 4.42. The van der Waals surface area contributed by atoms with E-state index in [9.17, 15) is 0 Å². The van der Waals surface area contributed by atoms with E-state index in [2.05, 4.69) is 4.98 Å². The first-order valence-electron chi connectivity index (χ1n) is 5.58. The fourth-order valence-corrected chi connectivity index (χ4v) is 1.72. The molecule has 0 N–H and O–H groups in total. The zero-order valence-electron chi connectivity index (χ0n) is 10.1. The number of halogens is 1. The van der Waals surface area contributed by atoms with E-state index in [-0.39, 0.29) is 0 Å². The van der Waals surface area contributed by atoms with Gasteiger partial charge in [-0.05, 0) is 35.4 Å². The lowest BCUT2D eigenvalue weighted by molar-refractivity contribution is 0.284. The van der Waals surface area contributed by atoms with Crippen LogP contribution in [0.5, 0.6) is 11.5 Å². The molecule has 1 heterocycles. The van der Waals surface area contributed by atoms with Crippen molar-refractivity contribution in [3.63, 3.8) is 0 Å². The van der Waals surface area contributed by atoms with Gasteiger partial charge < -0.3 is 9.47 Å². The van der Waals surface area contributed by atoms with E-state index in [1.54, 1.807) is 19.5 Å². The van der Waals surface area contributed by atoms with Crippen LogP contribution in [-0.4, -0.2) is 12.1 Å². The van der Waals surface area contributed by atoms with E-state index in [1.165, 1.54) is 0 Å². The van der Waals surface area contributed by atoms with Crippen LogP contribution in [0.15, 0.2) is 42.7 Å². The van der Waals surface area contributed by atoms with Gasteiger partial charge in [-0.3, -0.25) is 4.98 Å². The number of ether oxygens (including phenoxy) is 2. The molecule has 18 heavy (non-hydrogen) atoms. The van der Waals surface area contributed by atoms with Crippen LogP contribution in [0, 0.1) is 0 Å². The van der Waals surface area contributed by atoms with Gasteiger partial charge in [0.2, 0.25) is 0 Å². The van der Waals surface area contributed by atoms with Gasteiger partial charge in [0.25, 0.3) is 0 Å². The van der Waals surface area contributed by atoms with Crippen LogP contribution in [0.2, 0.25) is 0 Å². The molecule has 0 unspecified atom stereocenters. The molecule has 0 atom stereocenters. The van der Waals surface area contributed by atoms with Crippen LogP contribution in [0.1, 0.15) is 11.1 Å². The van der Waals surface area contributed by atoms with Gasteiger partial charge in [0, 0.05) is 18.3 Å². The molecule has 94 valence electrons.